The molecule has 0 heterocycles. The Morgan fingerprint density at radius 2 is 1.68 bits per heavy atom. The normalized spacial score (nSPS) is 20.6. The van der Waals surface area contributed by atoms with Crippen LogP contribution in [-0.4, -0.2) is 0 Å². The van der Waals surface area contributed by atoms with Crippen molar-refractivity contribution < 1.29 is 0 Å². The molecule has 1 saturated carbocycles. The first-order chi connectivity index (χ1) is 10.2. The van der Waals surface area contributed by atoms with Crippen molar-refractivity contribution in [3.63, 3.8) is 0 Å². The molecule has 0 amide bonds. The van der Waals surface area contributed by atoms with E-state index in [2.05, 4.69) is 72.0 Å². The Bertz CT molecular complexity index is 609. The van der Waals surface area contributed by atoms with Crippen LogP contribution in [-0.2, 0) is 0 Å². The minimum absolute atomic E-state index is 0.330. The SMILES string of the molecule is C=C(C)C(C(=C)C)=C1CC(c2ccccc2C)CC(C)(C)C1. The zero-order valence-electron chi connectivity index (χ0n) is 14.9. The van der Waals surface area contributed by atoms with Gasteiger partial charge in [-0.25, -0.2) is 0 Å². The Hall–Kier alpha value is -1.56. The van der Waals surface area contributed by atoms with E-state index in [9.17, 15) is 0 Å². The van der Waals surface area contributed by atoms with Crippen LogP contribution >= 0.6 is 0 Å². The van der Waals surface area contributed by atoms with E-state index in [1.54, 1.807) is 5.57 Å². The molecule has 118 valence electrons. The molecule has 1 aliphatic carbocycles. The molecular weight excluding hydrogens is 264 g/mol. The lowest BCUT2D eigenvalue weighted by atomic mass is 9.66. The molecule has 1 atom stereocenters. The standard InChI is InChI=1S/C22H30/c1-15(2)21(16(3)4)19-12-18(13-22(6,7)14-19)20-11-9-8-10-17(20)5/h8-11,18H,1,3,12-14H2,2,4-7H3. The predicted octanol–water partition coefficient (Wildman–Crippen LogP) is 6.74. The third kappa shape index (κ3) is 3.61. The average molecular weight is 294 g/mol. The molecule has 0 heteroatoms. The van der Waals surface area contributed by atoms with E-state index >= 15 is 0 Å². The van der Waals surface area contributed by atoms with Crippen LogP contribution in [0.5, 0.6) is 0 Å². The Labute approximate surface area is 136 Å². The van der Waals surface area contributed by atoms with Crippen molar-refractivity contribution in [1.29, 1.82) is 0 Å². The van der Waals surface area contributed by atoms with E-state index in [0.29, 0.717) is 11.3 Å². The lowest BCUT2D eigenvalue weighted by molar-refractivity contribution is 0.262. The molecule has 1 aliphatic rings. The number of benzene rings is 1. The van der Waals surface area contributed by atoms with Crippen molar-refractivity contribution in [2.24, 2.45) is 5.41 Å². The highest BCUT2D eigenvalue weighted by Gasteiger charge is 2.33. The molecule has 0 bridgehead atoms. The third-order valence-electron chi connectivity index (χ3n) is 4.82. The van der Waals surface area contributed by atoms with Crippen molar-refractivity contribution in [3.8, 4) is 0 Å². The summed E-state index contributed by atoms with van der Waals surface area (Å²) in [5.41, 5.74) is 8.44. The maximum absolute atomic E-state index is 4.20. The second-order valence-corrected chi connectivity index (χ2v) is 7.84. The van der Waals surface area contributed by atoms with Crippen molar-refractivity contribution in [2.45, 2.75) is 59.8 Å². The molecule has 0 nitrogen and oxygen atoms in total. The van der Waals surface area contributed by atoms with E-state index in [-0.39, 0.29) is 0 Å². The lowest BCUT2D eigenvalue weighted by Crippen LogP contribution is -2.24. The van der Waals surface area contributed by atoms with Gasteiger partial charge in [0.2, 0.25) is 0 Å². The van der Waals surface area contributed by atoms with E-state index in [0.717, 1.165) is 24.0 Å². The van der Waals surface area contributed by atoms with Gasteiger partial charge in [0.15, 0.2) is 0 Å². The summed E-state index contributed by atoms with van der Waals surface area (Å²) < 4.78 is 0. The second-order valence-electron chi connectivity index (χ2n) is 7.84. The molecule has 0 aromatic heterocycles. The van der Waals surface area contributed by atoms with Crippen LogP contribution < -0.4 is 0 Å². The smallest absolute Gasteiger partial charge is 0.0117 e. The van der Waals surface area contributed by atoms with Crippen molar-refractivity contribution in [1.82, 2.24) is 0 Å². The number of hydrogen-bond donors (Lipinski definition) is 0. The average Bonchev–Trinajstić information content (AvgIpc) is 2.36. The maximum atomic E-state index is 4.20. The molecule has 2 rings (SSSR count). The number of rotatable bonds is 3. The summed E-state index contributed by atoms with van der Waals surface area (Å²) in [4.78, 5) is 0. The van der Waals surface area contributed by atoms with E-state index in [4.69, 9.17) is 0 Å². The van der Waals surface area contributed by atoms with Gasteiger partial charge in [-0.1, -0.05) is 68.0 Å². The number of hydrogen-bond acceptors (Lipinski definition) is 0. The fourth-order valence-electron chi connectivity index (χ4n) is 4.18. The van der Waals surface area contributed by atoms with Gasteiger partial charge in [0.05, 0.1) is 0 Å². The first kappa shape index (κ1) is 16.8. The van der Waals surface area contributed by atoms with Crippen LogP contribution in [0.3, 0.4) is 0 Å². The first-order valence-corrected chi connectivity index (χ1v) is 8.30. The van der Waals surface area contributed by atoms with Gasteiger partial charge in [-0.3, -0.25) is 0 Å². The third-order valence-corrected chi connectivity index (χ3v) is 4.82. The Kier molecular flexibility index (Phi) is 4.80. The fraction of sp³-hybridized carbons (Fsp3) is 0.455. The van der Waals surface area contributed by atoms with Gasteiger partial charge in [0, 0.05) is 0 Å². The Morgan fingerprint density at radius 1 is 1.09 bits per heavy atom. The molecule has 22 heavy (non-hydrogen) atoms. The maximum Gasteiger partial charge on any atom is -0.0117 e. The summed E-state index contributed by atoms with van der Waals surface area (Å²) in [6, 6.07) is 8.85. The predicted molar refractivity (Wildman–Crippen MR) is 98.2 cm³/mol. The molecule has 0 radical (unpaired) electrons. The Morgan fingerprint density at radius 3 is 2.23 bits per heavy atom. The minimum atomic E-state index is 0.330. The Balaban J connectivity index is 2.48. The van der Waals surface area contributed by atoms with Crippen molar-refractivity contribution >= 4 is 0 Å². The molecule has 0 aliphatic heterocycles. The zero-order valence-corrected chi connectivity index (χ0v) is 14.9. The van der Waals surface area contributed by atoms with Crippen LogP contribution in [0.25, 0.3) is 0 Å². The van der Waals surface area contributed by atoms with Gasteiger partial charge in [-0.15, -0.1) is 0 Å². The van der Waals surface area contributed by atoms with Crippen LogP contribution in [0.15, 0.2) is 59.7 Å². The lowest BCUT2D eigenvalue weighted by Gasteiger charge is -2.39. The summed E-state index contributed by atoms with van der Waals surface area (Å²) in [7, 11) is 0. The number of aryl methyl sites for hydroxylation is 1. The highest BCUT2D eigenvalue weighted by atomic mass is 14.4. The van der Waals surface area contributed by atoms with Crippen molar-refractivity contribution in [3.05, 3.63) is 70.8 Å². The molecule has 1 aromatic rings. The summed E-state index contributed by atoms with van der Waals surface area (Å²) in [5, 5.41) is 0. The molecule has 0 spiro atoms. The largest absolute Gasteiger partial charge is 0.0955 e. The van der Waals surface area contributed by atoms with Crippen LogP contribution in [0.2, 0.25) is 0 Å². The minimum Gasteiger partial charge on any atom is -0.0955 e. The van der Waals surface area contributed by atoms with Gasteiger partial charge < -0.3 is 0 Å². The monoisotopic (exact) mass is 294 g/mol. The topological polar surface area (TPSA) is 0 Å². The molecule has 0 saturated heterocycles. The van der Waals surface area contributed by atoms with E-state index in [1.165, 1.54) is 23.1 Å². The molecular formula is C22H30. The van der Waals surface area contributed by atoms with Gasteiger partial charge >= 0.3 is 0 Å². The fourth-order valence-corrected chi connectivity index (χ4v) is 4.18. The van der Waals surface area contributed by atoms with E-state index < -0.39 is 0 Å². The zero-order chi connectivity index (χ0) is 16.5. The van der Waals surface area contributed by atoms with Crippen LogP contribution in [0.4, 0.5) is 0 Å². The molecule has 1 fully saturated rings. The highest BCUT2D eigenvalue weighted by molar-refractivity contribution is 5.47. The van der Waals surface area contributed by atoms with Gasteiger partial charge in [-0.05, 0) is 68.1 Å². The van der Waals surface area contributed by atoms with Crippen LogP contribution in [0, 0.1) is 12.3 Å². The van der Waals surface area contributed by atoms with Gasteiger partial charge in [0.1, 0.15) is 0 Å². The quantitative estimate of drug-likeness (QED) is 0.579. The first-order valence-electron chi connectivity index (χ1n) is 8.30. The molecule has 0 N–H and O–H groups in total. The van der Waals surface area contributed by atoms with Crippen LogP contribution in [0.1, 0.15) is 64.0 Å². The van der Waals surface area contributed by atoms with E-state index in [1.807, 2.05) is 0 Å². The van der Waals surface area contributed by atoms with Gasteiger partial charge in [-0.2, -0.15) is 0 Å². The summed E-state index contributed by atoms with van der Waals surface area (Å²) in [5.74, 6) is 0.605. The summed E-state index contributed by atoms with van der Waals surface area (Å²) >= 11 is 0. The molecule has 1 unspecified atom stereocenters. The van der Waals surface area contributed by atoms with Crippen molar-refractivity contribution in [2.75, 3.05) is 0 Å². The van der Waals surface area contributed by atoms with Gasteiger partial charge in [0.25, 0.3) is 0 Å². The highest BCUT2D eigenvalue weighted by Crippen LogP contribution is 2.48. The summed E-state index contributed by atoms with van der Waals surface area (Å²) in [6.45, 7) is 19.6. The second kappa shape index (κ2) is 6.28. The summed E-state index contributed by atoms with van der Waals surface area (Å²) in [6.07, 6.45) is 3.55. The number of allylic oxidation sites excluding steroid dienone is 4. The molecule has 1 aromatic carbocycles.